The third-order valence-electron chi connectivity index (χ3n) is 4.21. The summed E-state index contributed by atoms with van der Waals surface area (Å²) in [7, 11) is -9.37. The molecule has 0 aliphatic carbocycles. The Morgan fingerprint density at radius 2 is 0.844 bits per heavy atom. The number of ether oxygens (including phenoxy) is 1. The van der Waals surface area contributed by atoms with Crippen molar-refractivity contribution < 1.29 is 26.9 Å². The van der Waals surface area contributed by atoms with Crippen LogP contribution in [0.25, 0.3) is 0 Å². The van der Waals surface area contributed by atoms with Gasteiger partial charge in [0, 0.05) is 0 Å². The second-order valence-corrected chi connectivity index (χ2v) is 36.1. The monoisotopic (exact) mass is 540 g/mol. The molecule has 0 amide bonds. The Kier molecular flexibility index (Phi) is 10.5. The van der Waals surface area contributed by atoms with Gasteiger partial charge in [-0.3, -0.25) is 0 Å². The summed E-state index contributed by atoms with van der Waals surface area (Å²) in [6.45, 7) is 33.6. The fourth-order valence-corrected chi connectivity index (χ4v) is 8.21. The number of hydrogen-bond acceptors (Lipinski definition) is 6. The van der Waals surface area contributed by atoms with Gasteiger partial charge in [0.05, 0.1) is 6.61 Å². The van der Waals surface area contributed by atoms with Crippen LogP contribution in [0, 0.1) is 0 Å². The molecule has 5 atom stereocenters. The van der Waals surface area contributed by atoms with Gasteiger partial charge in [-0.15, -0.1) is 0 Å². The van der Waals surface area contributed by atoms with Crippen LogP contribution in [0.2, 0.25) is 98.2 Å². The van der Waals surface area contributed by atoms with Crippen molar-refractivity contribution in [3.63, 3.8) is 0 Å². The van der Waals surface area contributed by atoms with E-state index in [4.69, 9.17) is 26.9 Å². The predicted molar refractivity (Wildman–Crippen MR) is 147 cm³/mol. The minimum Gasteiger partial charge on any atom is -0.415 e. The van der Waals surface area contributed by atoms with E-state index in [2.05, 4.69) is 98.2 Å². The van der Waals surface area contributed by atoms with Gasteiger partial charge in [0.2, 0.25) is 0 Å². The second kappa shape index (κ2) is 10.8. The molecule has 1 rings (SSSR count). The zero-order valence-electron chi connectivity index (χ0n) is 23.5. The van der Waals surface area contributed by atoms with Crippen LogP contribution in [0.5, 0.6) is 0 Å². The minimum absolute atomic E-state index is 0.243. The Morgan fingerprint density at radius 1 is 0.469 bits per heavy atom. The molecule has 1 fully saturated rings. The summed E-state index contributed by atoms with van der Waals surface area (Å²) >= 11 is 0. The lowest BCUT2D eigenvalue weighted by Gasteiger charge is -2.51. The van der Waals surface area contributed by atoms with Crippen molar-refractivity contribution in [2.45, 2.75) is 129 Å². The molecule has 11 heteroatoms. The lowest BCUT2D eigenvalue weighted by Crippen LogP contribution is -2.67. The first-order valence-electron chi connectivity index (χ1n) is 12.0. The third-order valence-corrected chi connectivity index (χ3v) is 9.12. The zero-order valence-corrected chi connectivity index (χ0v) is 28.5. The Morgan fingerprint density at radius 3 is 1.22 bits per heavy atom. The van der Waals surface area contributed by atoms with E-state index in [1.807, 2.05) is 0 Å². The van der Waals surface area contributed by atoms with Gasteiger partial charge in [0.15, 0.2) is 47.9 Å². The molecular weight excluding hydrogens is 489 g/mol. The van der Waals surface area contributed by atoms with Gasteiger partial charge < -0.3 is 26.9 Å². The Balaban J connectivity index is 3.50. The van der Waals surface area contributed by atoms with Crippen LogP contribution < -0.4 is 0 Å². The highest BCUT2D eigenvalue weighted by Crippen LogP contribution is 2.35. The topological polar surface area (TPSA) is 55.4 Å². The van der Waals surface area contributed by atoms with Crippen LogP contribution >= 0.6 is 0 Å². The molecule has 0 bridgehead atoms. The molecule has 192 valence electrons. The minimum atomic E-state index is -1.92. The van der Waals surface area contributed by atoms with E-state index in [0.29, 0.717) is 6.61 Å². The lowest BCUT2D eigenvalue weighted by atomic mass is 9.99. The van der Waals surface area contributed by atoms with Gasteiger partial charge in [-0.25, -0.2) is 0 Å². The van der Waals surface area contributed by atoms with Gasteiger partial charge in [-0.1, -0.05) is 0 Å². The van der Waals surface area contributed by atoms with Gasteiger partial charge in [0.1, 0.15) is 24.4 Å². The first-order valence-corrected chi connectivity index (χ1v) is 29.0. The highest BCUT2D eigenvalue weighted by atomic mass is 28.4. The van der Waals surface area contributed by atoms with Crippen molar-refractivity contribution in [3.8, 4) is 0 Å². The Hall–Kier alpha value is 0.844. The molecule has 6 nitrogen and oxygen atoms in total. The third kappa shape index (κ3) is 12.5. The second-order valence-electron chi connectivity index (χ2n) is 13.8. The van der Waals surface area contributed by atoms with Crippen molar-refractivity contribution >= 4 is 41.6 Å². The van der Waals surface area contributed by atoms with E-state index in [1.54, 1.807) is 0 Å². The van der Waals surface area contributed by atoms with Gasteiger partial charge in [-0.2, -0.15) is 0 Å². The molecule has 0 saturated carbocycles. The molecule has 0 aromatic heterocycles. The predicted octanol–water partition coefficient (Wildman–Crippen LogP) is 6.07. The van der Waals surface area contributed by atoms with Crippen molar-refractivity contribution in [1.29, 1.82) is 0 Å². The van der Waals surface area contributed by atoms with Crippen LogP contribution in [0.1, 0.15) is 0 Å². The SMILES string of the molecule is C[Si](C)(C)OC[C@@H]1OC(O[Si](C)(C)C)[C@H](O[Si](C)(C)C)[C@@H](O[Si](C)(C)C)[C@H]1O[Si](C)(C)C. The average molecular weight is 541 g/mol. The van der Waals surface area contributed by atoms with Crippen LogP contribution in [0.4, 0.5) is 0 Å². The largest absolute Gasteiger partial charge is 0.415 e. The van der Waals surface area contributed by atoms with E-state index in [9.17, 15) is 0 Å². The van der Waals surface area contributed by atoms with Crippen molar-refractivity contribution in [2.75, 3.05) is 6.61 Å². The summed E-state index contributed by atoms with van der Waals surface area (Å²) in [4.78, 5) is 0. The molecule has 1 aliphatic heterocycles. The summed E-state index contributed by atoms with van der Waals surface area (Å²) < 4.78 is 39.9. The summed E-state index contributed by atoms with van der Waals surface area (Å²) in [6, 6.07) is 0. The van der Waals surface area contributed by atoms with Crippen LogP contribution in [-0.2, 0) is 26.9 Å². The van der Waals surface area contributed by atoms with Crippen molar-refractivity contribution in [1.82, 2.24) is 0 Å². The fourth-order valence-electron chi connectivity index (χ4n) is 3.41. The van der Waals surface area contributed by atoms with E-state index < -0.39 is 47.9 Å². The van der Waals surface area contributed by atoms with Crippen LogP contribution in [-0.4, -0.2) is 78.9 Å². The maximum absolute atomic E-state index is 6.85. The molecule has 1 heterocycles. The van der Waals surface area contributed by atoms with Crippen molar-refractivity contribution in [3.05, 3.63) is 0 Å². The Labute approximate surface area is 203 Å². The summed E-state index contributed by atoms with van der Waals surface area (Å²) in [5.41, 5.74) is 0. The first kappa shape index (κ1) is 30.9. The van der Waals surface area contributed by atoms with Gasteiger partial charge in [-0.05, 0) is 98.2 Å². The van der Waals surface area contributed by atoms with Crippen LogP contribution in [0.3, 0.4) is 0 Å². The zero-order chi connectivity index (χ0) is 25.3. The molecule has 1 aliphatic rings. The van der Waals surface area contributed by atoms with E-state index in [1.165, 1.54) is 0 Å². The average Bonchev–Trinajstić information content (AvgIpc) is 2.45. The van der Waals surface area contributed by atoms with E-state index in [0.717, 1.165) is 0 Å². The first-order chi connectivity index (χ1) is 14.0. The van der Waals surface area contributed by atoms with Gasteiger partial charge in [0.25, 0.3) is 0 Å². The highest BCUT2D eigenvalue weighted by molar-refractivity contribution is 6.71. The maximum atomic E-state index is 6.85. The molecule has 0 aromatic carbocycles. The van der Waals surface area contributed by atoms with Crippen LogP contribution in [0.15, 0.2) is 0 Å². The summed E-state index contributed by atoms with van der Waals surface area (Å²) in [5, 5.41) is 0. The highest BCUT2D eigenvalue weighted by Gasteiger charge is 2.52. The van der Waals surface area contributed by atoms with Gasteiger partial charge >= 0.3 is 0 Å². The number of hydrogen-bond donors (Lipinski definition) is 0. The normalized spacial score (nSPS) is 28.8. The van der Waals surface area contributed by atoms with Crippen molar-refractivity contribution in [2.24, 2.45) is 0 Å². The molecule has 0 spiro atoms. The number of rotatable bonds is 11. The maximum Gasteiger partial charge on any atom is 0.187 e. The molecule has 32 heavy (non-hydrogen) atoms. The fraction of sp³-hybridized carbons (Fsp3) is 1.00. The Bertz CT molecular complexity index is 586. The molecular formula is C21H52O6Si5. The molecule has 0 radical (unpaired) electrons. The quantitative estimate of drug-likeness (QED) is 0.296. The molecule has 1 saturated heterocycles. The van der Waals surface area contributed by atoms with E-state index in [-0.39, 0.29) is 24.4 Å². The smallest absolute Gasteiger partial charge is 0.187 e. The molecule has 1 unspecified atom stereocenters. The summed E-state index contributed by atoms with van der Waals surface area (Å²) in [5.74, 6) is 0. The molecule has 0 N–H and O–H groups in total. The van der Waals surface area contributed by atoms with E-state index >= 15 is 0 Å². The standard InChI is InChI=1S/C21H52O6Si5/c1-28(2,3)22-16-17-18(24-29(4,5)6)19(25-30(7,8)9)20(26-31(10,11)12)21(23-17)27-32(13,14)15/h17-21H,16H2,1-15H3/t17-,18-,19-,20+,21?/m0/s1. The summed E-state index contributed by atoms with van der Waals surface area (Å²) in [6.07, 6.45) is -1.54. The lowest BCUT2D eigenvalue weighted by molar-refractivity contribution is -0.268. The molecule has 0 aromatic rings.